The maximum absolute atomic E-state index is 13.5. The second-order valence-electron chi connectivity index (χ2n) is 6.18. The number of methoxy groups -OCH3 is 1. The van der Waals surface area contributed by atoms with Crippen LogP contribution >= 0.6 is 0 Å². The Hall–Kier alpha value is -2.15. The molecule has 7 heteroatoms. The monoisotopic (exact) mass is 350 g/mol. The molecule has 25 heavy (non-hydrogen) atoms. The third-order valence-electron chi connectivity index (χ3n) is 4.24. The van der Waals surface area contributed by atoms with Crippen LogP contribution in [0.1, 0.15) is 25.3 Å². The molecular formula is C18H27FN4O2. The summed E-state index contributed by atoms with van der Waals surface area (Å²) in [5.41, 5.74) is 0.965. The van der Waals surface area contributed by atoms with Gasteiger partial charge >= 0.3 is 0 Å². The maximum Gasteiger partial charge on any atom is 0.241 e. The fourth-order valence-electron chi connectivity index (χ4n) is 2.63. The molecule has 0 atom stereocenters. The quantitative estimate of drug-likeness (QED) is 0.355. The summed E-state index contributed by atoms with van der Waals surface area (Å²) in [6, 6.07) is 6.77. The first kappa shape index (κ1) is 19.2. The summed E-state index contributed by atoms with van der Waals surface area (Å²) in [4.78, 5) is 16.0. The molecule has 1 aromatic rings. The lowest BCUT2D eigenvalue weighted by Gasteiger charge is -2.19. The Morgan fingerprint density at radius 2 is 2.12 bits per heavy atom. The normalized spacial score (nSPS) is 15.6. The number of aliphatic imine (C=N–C) groups is 1. The number of hydrogen-bond acceptors (Lipinski definition) is 3. The first-order valence-corrected chi connectivity index (χ1v) is 8.63. The molecule has 0 unspecified atom stereocenters. The molecule has 0 aromatic heterocycles. The van der Waals surface area contributed by atoms with Crippen molar-refractivity contribution in [3.8, 4) is 0 Å². The van der Waals surface area contributed by atoms with E-state index >= 15 is 0 Å². The second kappa shape index (κ2) is 9.36. The fraction of sp³-hybridized carbons (Fsp3) is 0.556. The van der Waals surface area contributed by atoms with E-state index in [0.29, 0.717) is 32.2 Å². The number of nitrogens with zero attached hydrogens (tertiary/aromatic N) is 1. The molecule has 1 aliphatic rings. The molecule has 1 fully saturated rings. The number of hydrogen-bond donors (Lipinski definition) is 3. The van der Waals surface area contributed by atoms with Crippen molar-refractivity contribution in [3.63, 3.8) is 0 Å². The molecule has 1 amide bonds. The van der Waals surface area contributed by atoms with E-state index in [-0.39, 0.29) is 23.7 Å². The zero-order chi connectivity index (χ0) is 18.1. The van der Waals surface area contributed by atoms with Crippen molar-refractivity contribution < 1.29 is 13.9 Å². The molecule has 0 spiro atoms. The summed E-state index contributed by atoms with van der Waals surface area (Å²) in [7, 11) is 1.59. The zero-order valence-corrected chi connectivity index (χ0v) is 14.9. The summed E-state index contributed by atoms with van der Waals surface area (Å²) in [5.74, 6) is 0.227. The van der Waals surface area contributed by atoms with Gasteiger partial charge in [-0.25, -0.2) is 9.38 Å². The smallest absolute Gasteiger partial charge is 0.241 e. The molecule has 0 radical (unpaired) electrons. The lowest BCUT2D eigenvalue weighted by Crippen LogP contribution is -2.42. The van der Waals surface area contributed by atoms with Crippen molar-refractivity contribution in [3.05, 3.63) is 35.6 Å². The standard InChI is InChI=1S/C18H27FN4O2/c1-3-20-17(22-12-16(24)21-9-10-25-2)23-13-18(7-8-18)14-5-4-6-15(19)11-14/h4-6,11H,3,7-10,12-13H2,1-2H3,(H,21,24)(H2,20,22,23). The number of nitrogens with one attached hydrogen (secondary N) is 3. The highest BCUT2D eigenvalue weighted by Gasteiger charge is 2.44. The van der Waals surface area contributed by atoms with Crippen LogP contribution in [0.15, 0.2) is 29.3 Å². The van der Waals surface area contributed by atoms with Crippen molar-refractivity contribution in [2.75, 3.05) is 39.9 Å². The third kappa shape index (κ3) is 6.01. The van der Waals surface area contributed by atoms with Crippen LogP contribution in [-0.2, 0) is 14.9 Å². The molecule has 138 valence electrons. The van der Waals surface area contributed by atoms with E-state index in [1.807, 2.05) is 13.0 Å². The van der Waals surface area contributed by atoms with Crippen LogP contribution in [0.4, 0.5) is 4.39 Å². The first-order chi connectivity index (χ1) is 12.1. The van der Waals surface area contributed by atoms with Gasteiger partial charge in [-0.2, -0.15) is 0 Å². The first-order valence-electron chi connectivity index (χ1n) is 8.63. The number of benzene rings is 1. The Morgan fingerprint density at radius 3 is 2.76 bits per heavy atom. The van der Waals surface area contributed by atoms with Crippen molar-refractivity contribution in [1.82, 2.24) is 16.0 Å². The summed E-state index contributed by atoms with van der Waals surface area (Å²) in [5, 5.41) is 9.13. The van der Waals surface area contributed by atoms with E-state index in [1.165, 1.54) is 6.07 Å². The van der Waals surface area contributed by atoms with Crippen LogP contribution in [0.2, 0.25) is 0 Å². The molecule has 1 saturated carbocycles. The van der Waals surface area contributed by atoms with Gasteiger partial charge in [0.05, 0.1) is 6.61 Å². The molecule has 0 bridgehead atoms. The highest BCUT2D eigenvalue weighted by Crippen LogP contribution is 2.47. The summed E-state index contributed by atoms with van der Waals surface area (Å²) >= 11 is 0. The molecule has 1 aliphatic carbocycles. The van der Waals surface area contributed by atoms with Crippen LogP contribution in [0, 0.1) is 5.82 Å². The number of guanidine groups is 1. The van der Waals surface area contributed by atoms with Crippen molar-refractivity contribution in [2.24, 2.45) is 4.99 Å². The van der Waals surface area contributed by atoms with Crippen LogP contribution in [0.3, 0.4) is 0 Å². The average molecular weight is 350 g/mol. The molecule has 0 heterocycles. The van der Waals surface area contributed by atoms with Gasteiger partial charge in [-0.05, 0) is 37.5 Å². The molecule has 6 nitrogen and oxygen atoms in total. The van der Waals surface area contributed by atoms with Crippen molar-refractivity contribution >= 4 is 11.9 Å². The Balaban J connectivity index is 1.88. The van der Waals surface area contributed by atoms with Crippen LogP contribution in [0.25, 0.3) is 0 Å². The van der Waals surface area contributed by atoms with Gasteiger partial charge in [0.2, 0.25) is 5.91 Å². The Kier molecular flexibility index (Phi) is 7.18. The van der Waals surface area contributed by atoms with Crippen LogP contribution < -0.4 is 16.0 Å². The largest absolute Gasteiger partial charge is 0.383 e. The molecule has 2 rings (SSSR count). The highest BCUT2D eigenvalue weighted by molar-refractivity contribution is 5.85. The number of rotatable bonds is 9. The topological polar surface area (TPSA) is 74.8 Å². The zero-order valence-electron chi connectivity index (χ0n) is 14.9. The minimum atomic E-state index is -0.211. The average Bonchev–Trinajstić information content (AvgIpc) is 3.39. The predicted octanol–water partition coefficient (Wildman–Crippen LogP) is 1.18. The summed E-state index contributed by atoms with van der Waals surface area (Å²) < 4.78 is 18.4. The van der Waals surface area contributed by atoms with Gasteiger partial charge in [-0.15, -0.1) is 0 Å². The predicted molar refractivity (Wildman–Crippen MR) is 96.2 cm³/mol. The third-order valence-corrected chi connectivity index (χ3v) is 4.24. The van der Waals surface area contributed by atoms with Gasteiger partial charge in [0.15, 0.2) is 5.96 Å². The van der Waals surface area contributed by atoms with Crippen LogP contribution in [0.5, 0.6) is 0 Å². The summed E-state index contributed by atoms with van der Waals surface area (Å²) in [6.45, 7) is 4.32. The Labute approximate surface area is 148 Å². The molecular weight excluding hydrogens is 323 g/mol. The number of carbonyl (C=O) groups is 1. The number of ether oxygens (including phenoxy) is 1. The van der Waals surface area contributed by atoms with Gasteiger partial charge in [0.1, 0.15) is 12.4 Å². The van der Waals surface area contributed by atoms with Gasteiger partial charge in [0, 0.05) is 32.2 Å². The molecule has 1 aromatic carbocycles. The SMILES string of the molecule is CCNC(=NCC(=O)NCCOC)NCC1(c2cccc(F)c2)CC1. The van der Waals surface area contributed by atoms with E-state index in [1.54, 1.807) is 19.2 Å². The van der Waals surface area contributed by atoms with E-state index in [0.717, 1.165) is 18.4 Å². The molecule has 0 saturated heterocycles. The van der Waals surface area contributed by atoms with Crippen molar-refractivity contribution in [1.29, 1.82) is 0 Å². The van der Waals surface area contributed by atoms with E-state index in [9.17, 15) is 9.18 Å². The number of amides is 1. The number of halogens is 1. The van der Waals surface area contributed by atoms with E-state index in [2.05, 4.69) is 20.9 Å². The lowest BCUT2D eigenvalue weighted by molar-refractivity contribution is -0.119. The second-order valence-corrected chi connectivity index (χ2v) is 6.18. The van der Waals surface area contributed by atoms with Crippen LogP contribution in [-0.4, -0.2) is 51.8 Å². The fourth-order valence-corrected chi connectivity index (χ4v) is 2.63. The molecule has 3 N–H and O–H groups in total. The number of carbonyl (C=O) groups excluding carboxylic acids is 1. The van der Waals surface area contributed by atoms with Gasteiger partial charge in [-0.1, -0.05) is 12.1 Å². The van der Waals surface area contributed by atoms with Gasteiger partial charge < -0.3 is 20.7 Å². The highest BCUT2D eigenvalue weighted by atomic mass is 19.1. The lowest BCUT2D eigenvalue weighted by atomic mass is 9.96. The van der Waals surface area contributed by atoms with E-state index in [4.69, 9.17) is 4.74 Å². The van der Waals surface area contributed by atoms with E-state index < -0.39 is 0 Å². The molecule has 0 aliphatic heterocycles. The minimum absolute atomic E-state index is 0.0426. The maximum atomic E-state index is 13.5. The minimum Gasteiger partial charge on any atom is -0.383 e. The Bertz CT molecular complexity index is 602. The van der Waals surface area contributed by atoms with Gasteiger partial charge in [0.25, 0.3) is 0 Å². The van der Waals surface area contributed by atoms with Crippen molar-refractivity contribution in [2.45, 2.75) is 25.2 Å². The Morgan fingerprint density at radius 1 is 1.32 bits per heavy atom. The van der Waals surface area contributed by atoms with Gasteiger partial charge in [-0.3, -0.25) is 4.79 Å². The summed E-state index contributed by atoms with van der Waals surface area (Å²) in [6.07, 6.45) is 2.03.